The van der Waals surface area contributed by atoms with Gasteiger partial charge in [-0.3, -0.25) is 14.5 Å². The van der Waals surface area contributed by atoms with Gasteiger partial charge in [-0.05, 0) is 49.7 Å². The highest BCUT2D eigenvalue weighted by molar-refractivity contribution is 5.95. The van der Waals surface area contributed by atoms with Crippen molar-refractivity contribution in [1.82, 2.24) is 4.90 Å². The number of carbonyl (C=O) groups is 2. The molecule has 3 aromatic rings. The van der Waals surface area contributed by atoms with Crippen molar-refractivity contribution in [3.05, 3.63) is 101 Å². The molecule has 1 fully saturated rings. The number of hydrogen-bond acceptors (Lipinski definition) is 8. The maximum absolute atomic E-state index is 12.5. The third-order valence-corrected chi connectivity index (χ3v) is 7.54. The van der Waals surface area contributed by atoms with E-state index in [-0.39, 0.29) is 24.9 Å². The fraction of sp³-hybridized carbons (Fsp3) is 0.394. The Labute approximate surface area is 247 Å². The van der Waals surface area contributed by atoms with Crippen LogP contribution in [-0.4, -0.2) is 58.8 Å². The van der Waals surface area contributed by atoms with E-state index in [0.717, 1.165) is 22.3 Å². The summed E-state index contributed by atoms with van der Waals surface area (Å²) in [6.45, 7) is 5.26. The normalized spacial score (nSPS) is 20.9. The molecule has 3 N–H and O–H groups in total. The summed E-state index contributed by atoms with van der Waals surface area (Å²) in [5.74, 6) is -0.977. The van der Waals surface area contributed by atoms with Gasteiger partial charge in [-0.2, -0.15) is 0 Å². The van der Waals surface area contributed by atoms with Gasteiger partial charge in [0.2, 0.25) is 0 Å². The summed E-state index contributed by atoms with van der Waals surface area (Å²) < 4.78 is 17.9. The molecule has 6 atom stereocenters. The third-order valence-electron chi connectivity index (χ3n) is 7.54. The van der Waals surface area contributed by atoms with Crippen LogP contribution in [0.2, 0.25) is 0 Å². The predicted octanol–water partition coefficient (Wildman–Crippen LogP) is 4.67. The van der Waals surface area contributed by atoms with Crippen LogP contribution < -0.4 is 5.32 Å². The Morgan fingerprint density at radius 3 is 2.38 bits per heavy atom. The largest absolute Gasteiger partial charge is 0.453 e. The zero-order chi connectivity index (χ0) is 30.2. The SMILES string of the molecule is CC(=O)OC(C)C(=O)Nc1cccc(C2OC(CN(C)C(C)C(O)c3ccccc3)CC(c3ccc(CO)cc3)O2)c1. The number of anilines is 1. The summed E-state index contributed by atoms with van der Waals surface area (Å²) in [6.07, 6.45) is -2.26. The summed E-state index contributed by atoms with van der Waals surface area (Å²) in [4.78, 5) is 25.9. The van der Waals surface area contributed by atoms with Gasteiger partial charge in [0.15, 0.2) is 12.4 Å². The van der Waals surface area contributed by atoms with Crippen molar-refractivity contribution in [2.75, 3.05) is 18.9 Å². The van der Waals surface area contributed by atoms with Gasteiger partial charge in [0.1, 0.15) is 0 Å². The number of nitrogens with zero attached hydrogens (tertiary/aromatic N) is 1. The maximum Gasteiger partial charge on any atom is 0.303 e. The highest BCUT2D eigenvalue weighted by Gasteiger charge is 2.34. The van der Waals surface area contributed by atoms with E-state index in [9.17, 15) is 19.8 Å². The van der Waals surface area contributed by atoms with Crippen LogP contribution in [0.25, 0.3) is 0 Å². The molecule has 0 saturated carbocycles. The number of hydrogen-bond donors (Lipinski definition) is 3. The van der Waals surface area contributed by atoms with Crippen LogP contribution in [0.1, 0.15) is 67.9 Å². The number of rotatable bonds is 11. The van der Waals surface area contributed by atoms with Gasteiger partial charge in [0.25, 0.3) is 5.91 Å². The van der Waals surface area contributed by atoms with Crippen molar-refractivity contribution in [3.63, 3.8) is 0 Å². The molecule has 0 radical (unpaired) electrons. The number of amides is 1. The quantitative estimate of drug-likeness (QED) is 0.282. The number of aliphatic hydroxyl groups is 2. The highest BCUT2D eigenvalue weighted by Crippen LogP contribution is 2.39. The van der Waals surface area contributed by atoms with Gasteiger partial charge >= 0.3 is 5.97 Å². The Morgan fingerprint density at radius 1 is 1.00 bits per heavy atom. The lowest BCUT2D eigenvalue weighted by molar-refractivity contribution is -0.253. The first-order valence-electron chi connectivity index (χ1n) is 14.2. The van der Waals surface area contributed by atoms with Crippen molar-refractivity contribution in [3.8, 4) is 0 Å². The molecule has 1 heterocycles. The van der Waals surface area contributed by atoms with Crippen LogP contribution in [0.5, 0.6) is 0 Å². The van der Waals surface area contributed by atoms with Crippen LogP contribution in [0.15, 0.2) is 78.9 Å². The van der Waals surface area contributed by atoms with Crippen LogP contribution >= 0.6 is 0 Å². The molecule has 0 aromatic heterocycles. The fourth-order valence-electron chi connectivity index (χ4n) is 5.00. The summed E-state index contributed by atoms with van der Waals surface area (Å²) in [5, 5.41) is 23.3. The molecule has 1 aliphatic rings. The maximum atomic E-state index is 12.5. The minimum absolute atomic E-state index is 0.0405. The number of benzene rings is 3. The number of likely N-dealkylation sites (N-methyl/N-ethyl adjacent to an activating group) is 1. The molecule has 9 heteroatoms. The van der Waals surface area contributed by atoms with E-state index >= 15 is 0 Å². The number of esters is 1. The molecule has 42 heavy (non-hydrogen) atoms. The summed E-state index contributed by atoms with van der Waals surface area (Å²) in [5.41, 5.74) is 3.87. The standard InChI is InChI=1S/C33H40N2O7/c1-21(31(38)26-9-6-5-7-10-26)35(4)19-29-18-30(25-15-13-24(20-36)14-16-25)42-33(41-29)27-11-8-12-28(17-27)34-32(39)22(2)40-23(3)37/h5-17,21-22,29-31,33,36,38H,18-20H2,1-4H3,(H,34,39). The van der Waals surface area contributed by atoms with E-state index in [1.54, 1.807) is 18.2 Å². The number of aliphatic hydroxyl groups excluding tert-OH is 2. The Kier molecular flexibility index (Phi) is 10.8. The van der Waals surface area contributed by atoms with Crippen LogP contribution in [0.4, 0.5) is 5.69 Å². The first kappa shape index (κ1) is 31.3. The first-order valence-corrected chi connectivity index (χ1v) is 14.2. The van der Waals surface area contributed by atoms with E-state index in [1.165, 1.54) is 13.8 Å². The second-order valence-corrected chi connectivity index (χ2v) is 10.8. The van der Waals surface area contributed by atoms with E-state index < -0.39 is 30.4 Å². The monoisotopic (exact) mass is 576 g/mol. The van der Waals surface area contributed by atoms with Gasteiger partial charge in [0, 0.05) is 37.2 Å². The Morgan fingerprint density at radius 2 is 1.71 bits per heavy atom. The van der Waals surface area contributed by atoms with E-state index in [4.69, 9.17) is 14.2 Å². The third kappa shape index (κ3) is 8.24. The Hall–Kier alpha value is -3.60. The molecule has 0 bridgehead atoms. The summed E-state index contributed by atoms with van der Waals surface area (Å²) >= 11 is 0. The van der Waals surface area contributed by atoms with Crippen LogP contribution in [0.3, 0.4) is 0 Å². The molecule has 9 nitrogen and oxygen atoms in total. The van der Waals surface area contributed by atoms with Crippen molar-refractivity contribution in [2.24, 2.45) is 0 Å². The van der Waals surface area contributed by atoms with Crippen molar-refractivity contribution in [2.45, 2.75) is 70.5 Å². The Bertz CT molecular complexity index is 1320. The minimum atomic E-state index is -0.937. The van der Waals surface area contributed by atoms with E-state index in [1.807, 2.05) is 74.6 Å². The lowest BCUT2D eigenvalue weighted by Gasteiger charge is -2.39. The average molecular weight is 577 g/mol. The summed E-state index contributed by atoms with van der Waals surface area (Å²) in [6, 6.07) is 24.3. The van der Waals surface area contributed by atoms with Crippen LogP contribution in [-0.2, 0) is 30.4 Å². The van der Waals surface area contributed by atoms with Crippen molar-refractivity contribution >= 4 is 17.6 Å². The second-order valence-electron chi connectivity index (χ2n) is 10.8. The average Bonchev–Trinajstić information content (AvgIpc) is 3.00. The smallest absolute Gasteiger partial charge is 0.303 e. The van der Waals surface area contributed by atoms with Crippen molar-refractivity contribution in [1.29, 1.82) is 0 Å². The molecule has 224 valence electrons. The van der Waals surface area contributed by atoms with Gasteiger partial charge in [-0.1, -0.05) is 66.7 Å². The zero-order valence-corrected chi connectivity index (χ0v) is 24.5. The first-order chi connectivity index (χ1) is 20.1. The zero-order valence-electron chi connectivity index (χ0n) is 24.5. The molecule has 6 unspecified atom stereocenters. The van der Waals surface area contributed by atoms with Gasteiger partial charge in [-0.25, -0.2) is 0 Å². The molecule has 1 aliphatic heterocycles. The Balaban J connectivity index is 1.53. The molecule has 4 rings (SSSR count). The lowest BCUT2D eigenvalue weighted by atomic mass is 9.98. The molecular formula is C33H40N2O7. The molecular weight excluding hydrogens is 536 g/mol. The molecule has 1 saturated heterocycles. The van der Waals surface area contributed by atoms with E-state index in [2.05, 4.69) is 10.2 Å². The molecule has 0 aliphatic carbocycles. The second kappa shape index (κ2) is 14.5. The molecule has 0 spiro atoms. The lowest BCUT2D eigenvalue weighted by Crippen LogP contribution is -2.43. The van der Waals surface area contributed by atoms with E-state index in [0.29, 0.717) is 18.7 Å². The van der Waals surface area contributed by atoms with Crippen molar-refractivity contribution < 1.29 is 34.0 Å². The highest BCUT2D eigenvalue weighted by atomic mass is 16.7. The predicted molar refractivity (Wildman–Crippen MR) is 158 cm³/mol. The van der Waals surface area contributed by atoms with Gasteiger partial charge < -0.3 is 29.7 Å². The van der Waals surface area contributed by atoms with Gasteiger partial charge in [-0.15, -0.1) is 0 Å². The molecule has 3 aromatic carbocycles. The minimum Gasteiger partial charge on any atom is -0.453 e. The topological polar surface area (TPSA) is 118 Å². The number of nitrogens with one attached hydrogen (secondary N) is 1. The fourth-order valence-corrected chi connectivity index (χ4v) is 5.00. The van der Waals surface area contributed by atoms with Crippen LogP contribution in [0, 0.1) is 0 Å². The number of ether oxygens (including phenoxy) is 3. The van der Waals surface area contributed by atoms with Gasteiger partial charge in [0.05, 0.1) is 24.9 Å². The number of carbonyl (C=O) groups excluding carboxylic acids is 2. The molecule has 1 amide bonds. The summed E-state index contributed by atoms with van der Waals surface area (Å²) in [7, 11) is 1.97.